The van der Waals surface area contributed by atoms with Crippen LogP contribution in [0.4, 0.5) is 17.6 Å². The minimum Gasteiger partial charge on any atom is -0.475 e. The first-order valence-corrected chi connectivity index (χ1v) is 12.3. The van der Waals surface area contributed by atoms with E-state index in [1.54, 1.807) is 6.07 Å². The van der Waals surface area contributed by atoms with Gasteiger partial charge in [0.1, 0.15) is 5.82 Å². The summed E-state index contributed by atoms with van der Waals surface area (Å²) in [6.45, 7) is 2.07. The van der Waals surface area contributed by atoms with Crippen molar-refractivity contribution in [2.45, 2.75) is 44.3 Å². The van der Waals surface area contributed by atoms with Gasteiger partial charge < -0.3 is 15.7 Å². The predicted octanol–water partition coefficient (Wildman–Crippen LogP) is 5.72. The molecule has 3 N–H and O–H groups in total. The molecule has 0 unspecified atom stereocenters. The van der Waals surface area contributed by atoms with Gasteiger partial charge >= 0.3 is 12.1 Å². The summed E-state index contributed by atoms with van der Waals surface area (Å²) in [4.78, 5) is 23.9. The summed E-state index contributed by atoms with van der Waals surface area (Å²) in [5.74, 6) is -2.37. The number of carbonyl (C=O) groups excluding carboxylic acids is 1. The number of hydrogen-bond acceptors (Lipinski definition) is 3. The van der Waals surface area contributed by atoms with E-state index in [1.807, 2.05) is 41.3 Å². The van der Waals surface area contributed by atoms with Gasteiger partial charge in [0.2, 0.25) is 0 Å². The van der Waals surface area contributed by atoms with E-state index >= 15 is 0 Å². The molecule has 3 aromatic rings. The van der Waals surface area contributed by atoms with Crippen LogP contribution in [0.1, 0.15) is 51.4 Å². The number of halogens is 4. The third kappa shape index (κ3) is 8.14. The molecule has 0 spiro atoms. The second-order valence-electron chi connectivity index (χ2n) is 9.11. The van der Waals surface area contributed by atoms with Gasteiger partial charge in [-0.05, 0) is 72.1 Å². The highest BCUT2D eigenvalue weighted by atomic mass is 19.4. The van der Waals surface area contributed by atoms with Crippen LogP contribution in [0.15, 0.2) is 72.8 Å². The van der Waals surface area contributed by atoms with E-state index in [2.05, 4.69) is 24.3 Å². The summed E-state index contributed by atoms with van der Waals surface area (Å²) in [5.41, 5.74) is 10.7. The molecule has 1 aliphatic heterocycles. The number of carboxylic acid groups (broad SMARTS) is 1. The van der Waals surface area contributed by atoms with Crippen molar-refractivity contribution in [2.75, 3.05) is 13.1 Å². The molecule has 0 bridgehead atoms. The molecule has 0 aromatic heterocycles. The van der Waals surface area contributed by atoms with Crippen LogP contribution in [0.5, 0.6) is 0 Å². The zero-order valence-electron chi connectivity index (χ0n) is 20.8. The highest BCUT2D eigenvalue weighted by Gasteiger charge is 2.38. The maximum atomic E-state index is 13.9. The van der Waals surface area contributed by atoms with Crippen molar-refractivity contribution in [2.24, 2.45) is 5.73 Å². The number of nitrogens with two attached hydrogens (primary N) is 1. The first-order chi connectivity index (χ1) is 18.1. The Kier molecular flexibility index (Phi) is 10.0. The van der Waals surface area contributed by atoms with Crippen molar-refractivity contribution in [3.05, 3.63) is 106 Å². The van der Waals surface area contributed by atoms with Crippen molar-refractivity contribution >= 4 is 11.9 Å². The Hall–Kier alpha value is -3.72. The van der Waals surface area contributed by atoms with Gasteiger partial charge in [-0.2, -0.15) is 13.2 Å². The van der Waals surface area contributed by atoms with Crippen molar-refractivity contribution in [3.8, 4) is 0 Å². The molecule has 38 heavy (non-hydrogen) atoms. The molecular weight excluding hydrogens is 500 g/mol. The molecule has 0 saturated carbocycles. The highest BCUT2D eigenvalue weighted by molar-refractivity contribution is 5.94. The molecule has 1 aliphatic rings. The van der Waals surface area contributed by atoms with Crippen LogP contribution in [0, 0.1) is 5.82 Å². The van der Waals surface area contributed by atoms with E-state index < -0.39 is 12.1 Å². The van der Waals surface area contributed by atoms with Crippen LogP contribution in [-0.2, 0) is 24.2 Å². The van der Waals surface area contributed by atoms with E-state index in [0.29, 0.717) is 30.9 Å². The van der Waals surface area contributed by atoms with Crippen LogP contribution in [0.2, 0.25) is 0 Å². The summed E-state index contributed by atoms with van der Waals surface area (Å²) in [6, 6.07) is 23.1. The quantitative estimate of drug-likeness (QED) is 0.399. The Morgan fingerprint density at radius 3 is 2.16 bits per heavy atom. The van der Waals surface area contributed by atoms with Crippen molar-refractivity contribution in [1.29, 1.82) is 0 Å². The number of amides is 1. The Morgan fingerprint density at radius 1 is 0.895 bits per heavy atom. The fourth-order valence-electron chi connectivity index (χ4n) is 4.41. The van der Waals surface area contributed by atoms with Gasteiger partial charge in [-0.1, -0.05) is 54.6 Å². The minimum absolute atomic E-state index is 0.0851. The topological polar surface area (TPSA) is 83.6 Å². The molecule has 202 valence electrons. The summed E-state index contributed by atoms with van der Waals surface area (Å²) >= 11 is 0. The van der Waals surface area contributed by atoms with Gasteiger partial charge in [0.25, 0.3) is 5.91 Å². The molecule has 0 aliphatic carbocycles. The van der Waals surface area contributed by atoms with Crippen LogP contribution in [0.25, 0.3) is 0 Å². The summed E-state index contributed by atoms with van der Waals surface area (Å²) in [5, 5.41) is 7.12. The molecule has 1 saturated heterocycles. The predicted molar refractivity (Wildman–Crippen MR) is 136 cm³/mol. The Morgan fingerprint density at radius 2 is 1.53 bits per heavy atom. The Balaban J connectivity index is 0.000000505. The molecule has 0 radical (unpaired) electrons. The monoisotopic (exact) mass is 530 g/mol. The van der Waals surface area contributed by atoms with Gasteiger partial charge in [-0.3, -0.25) is 4.79 Å². The SMILES string of the molecule is NCc1cccc(C2CCN(C(=O)c3cccc(CCc4ccccc4F)c3)CC2)c1.O=C(O)C(F)(F)F. The first kappa shape index (κ1) is 28.8. The molecule has 1 heterocycles. The number of rotatable bonds is 6. The number of aryl methyl sites for hydroxylation is 2. The van der Waals surface area contributed by atoms with Gasteiger partial charge in [0, 0.05) is 25.2 Å². The zero-order valence-corrected chi connectivity index (χ0v) is 20.8. The number of benzene rings is 3. The lowest BCUT2D eigenvalue weighted by atomic mass is 9.88. The molecule has 3 aromatic carbocycles. The molecule has 1 fully saturated rings. The first-order valence-electron chi connectivity index (χ1n) is 12.3. The molecule has 4 rings (SSSR count). The average Bonchev–Trinajstić information content (AvgIpc) is 2.92. The lowest BCUT2D eigenvalue weighted by Gasteiger charge is -2.32. The molecule has 9 heteroatoms. The minimum atomic E-state index is -5.08. The fraction of sp³-hybridized carbons (Fsp3) is 0.310. The smallest absolute Gasteiger partial charge is 0.475 e. The second-order valence-corrected chi connectivity index (χ2v) is 9.11. The molecule has 0 atom stereocenters. The molecule has 5 nitrogen and oxygen atoms in total. The summed E-state index contributed by atoms with van der Waals surface area (Å²) in [6.07, 6.45) is -1.82. The van der Waals surface area contributed by atoms with Gasteiger partial charge in [0.15, 0.2) is 0 Å². The lowest BCUT2D eigenvalue weighted by molar-refractivity contribution is -0.192. The van der Waals surface area contributed by atoms with Crippen molar-refractivity contribution in [3.63, 3.8) is 0 Å². The standard InChI is InChI=1S/C27H29FN2O.C2HF3O2/c28-26-10-2-1-7-23(26)12-11-20-5-3-9-25(17-20)27(31)30-15-13-22(14-16-30)24-8-4-6-21(18-24)19-29;3-2(4,5)1(6)7/h1-10,17-18,22H,11-16,19,29H2;(H,6,7). The highest BCUT2D eigenvalue weighted by Crippen LogP contribution is 2.29. The van der Waals surface area contributed by atoms with Gasteiger partial charge in [-0.15, -0.1) is 0 Å². The van der Waals surface area contributed by atoms with E-state index in [4.69, 9.17) is 15.6 Å². The zero-order chi connectivity index (χ0) is 27.7. The normalized spacial score (nSPS) is 14.0. The Bertz CT molecular complexity index is 1240. The molecule has 1 amide bonds. The second kappa shape index (κ2) is 13.2. The maximum absolute atomic E-state index is 13.9. The number of carboxylic acids is 1. The number of alkyl halides is 3. The lowest BCUT2D eigenvalue weighted by Crippen LogP contribution is -2.38. The number of likely N-dealkylation sites (tertiary alicyclic amines) is 1. The number of piperidine rings is 1. The number of aliphatic carboxylic acids is 1. The van der Waals surface area contributed by atoms with E-state index in [1.165, 1.54) is 11.6 Å². The van der Waals surface area contributed by atoms with E-state index in [0.717, 1.165) is 42.6 Å². The Labute approximate surface area is 218 Å². The largest absolute Gasteiger partial charge is 0.490 e. The summed E-state index contributed by atoms with van der Waals surface area (Å²) in [7, 11) is 0. The van der Waals surface area contributed by atoms with E-state index in [-0.39, 0.29) is 11.7 Å². The van der Waals surface area contributed by atoms with Crippen LogP contribution >= 0.6 is 0 Å². The van der Waals surface area contributed by atoms with Crippen molar-refractivity contribution in [1.82, 2.24) is 4.90 Å². The number of hydrogen-bond donors (Lipinski definition) is 2. The van der Waals surface area contributed by atoms with Crippen LogP contribution in [0.3, 0.4) is 0 Å². The van der Waals surface area contributed by atoms with Crippen LogP contribution < -0.4 is 5.73 Å². The third-order valence-electron chi connectivity index (χ3n) is 6.50. The van der Waals surface area contributed by atoms with Crippen LogP contribution in [-0.4, -0.2) is 41.1 Å². The summed E-state index contributed by atoms with van der Waals surface area (Å²) < 4.78 is 45.6. The number of nitrogens with zero attached hydrogens (tertiary/aromatic N) is 1. The van der Waals surface area contributed by atoms with Gasteiger partial charge in [0.05, 0.1) is 0 Å². The van der Waals surface area contributed by atoms with Gasteiger partial charge in [-0.25, -0.2) is 9.18 Å². The average molecular weight is 531 g/mol. The third-order valence-corrected chi connectivity index (χ3v) is 6.50. The fourth-order valence-corrected chi connectivity index (χ4v) is 4.41. The molecular formula is C29H30F4N2O3. The van der Waals surface area contributed by atoms with Crippen molar-refractivity contribution < 1.29 is 32.3 Å². The van der Waals surface area contributed by atoms with E-state index in [9.17, 15) is 22.4 Å². The number of carbonyl (C=O) groups is 2. The maximum Gasteiger partial charge on any atom is 0.490 e.